The smallest absolute Gasteiger partial charge is 0.257 e. The molecule has 2 aromatic carbocycles. The fraction of sp³-hybridized carbons (Fsp3) is 0.211. The van der Waals surface area contributed by atoms with Crippen molar-refractivity contribution in [1.82, 2.24) is 10.2 Å². The van der Waals surface area contributed by atoms with Gasteiger partial charge >= 0.3 is 0 Å². The van der Waals surface area contributed by atoms with Crippen molar-refractivity contribution in [2.45, 2.75) is 13.8 Å². The van der Waals surface area contributed by atoms with Crippen molar-refractivity contribution in [3.8, 4) is 27.8 Å². The fourth-order valence-electron chi connectivity index (χ4n) is 2.47. The summed E-state index contributed by atoms with van der Waals surface area (Å²) in [7, 11) is 0. The number of hydrogen-bond acceptors (Lipinski definition) is 7. The van der Waals surface area contributed by atoms with Crippen molar-refractivity contribution in [2.75, 3.05) is 18.5 Å². The second-order valence-electron chi connectivity index (χ2n) is 5.68. The van der Waals surface area contributed by atoms with Crippen LogP contribution in [-0.4, -0.2) is 34.4 Å². The summed E-state index contributed by atoms with van der Waals surface area (Å²) in [6, 6.07) is 7.87. The third-order valence-electron chi connectivity index (χ3n) is 3.71. The highest BCUT2D eigenvalue weighted by molar-refractivity contribution is 7.18. The summed E-state index contributed by atoms with van der Waals surface area (Å²) in [4.78, 5) is 12.6. The van der Waals surface area contributed by atoms with Gasteiger partial charge in [-0.2, -0.15) is 0 Å². The minimum absolute atomic E-state index is 0.103. The molecule has 0 atom stereocenters. The molecule has 0 radical (unpaired) electrons. The number of benzene rings is 2. The van der Waals surface area contributed by atoms with E-state index in [0.717, 1.165) is 11.3 Å². The first kappa shape index (κ1) is 21.2. The van der Waals surface area contributed by atoms with E-state index in [0.29, 0.717) is 45.9 Å². The van der Waals surface area contributed by atoms with Crippen molar-refractivity contribution >= 4 is 45.6 Å². The Morgan fingerprint density at radius 3 is 2.55 bits per heavy atom. The molecule has 0 spiro atoms. The molecule has 10 heteroatoms. The highest BCUT2D eigenvalue weighted by Gasteiger charge is 2.17. The lowest BCUT2D eigenvalue weighted by Gasteiger charge is -2.12. The van der Waals surface area contributed by atoms with Crippen LogP contribution in [0.1, 0.15) is 24.2 Å². The van der Waals surface area contributed by atoms with Gasteiger partial charge in [0.25, 0.3) is 5.91 Å². The maximum atomic E-state index is 12.6. The van der Waals surface area contributed by atoms with Crippen molar-refractivity contribution in [3.63, 3.8) is 0 Å². The molecule has 2 N–H and O–H groups in total. The quantitative estimate of drug-likeness (QED) is 0.506. The molecular weight excluding hydrogens is 437 g/mol. The number of aromatic nitrogens is 2. The molecule has 0 aliphatic carbocycles. The molecule has 7 nitrogen and oxygen atoms in total. The van der Waals surface area contributed by atoms with E-state index in [1.165, 1.54) is 12.1 Å². The highest BCUT2D eigenvalue weighted by atomic mass is 35.5. The van der Waals surface area contributed by atoms with Gasteiger partial charge in [-0.1, -0.05) is 34.5 Å². The number of halogens is 2. The first-order valence-electron chi connectivity index (χ1n) is 8.65. The lowest BCUT2D eigenvalue weighted by molar-refractivity contribution is 0.102. The molecule has 0 saturated carbocycles. The minimum atomic E-state index is -0.384. The lowest BCUT2D eigenvalue weighted by Crippen LogP contribution is -2.12. The lowest BCUT2D eigenvalue weighted by atomic mass is 10.2. The van der Waals surface area contributed by atoms with Crippen molar-refractivity contribution in [1.29, 1.82) is 0 Å². The van der Waals surface area contributed by atoms with Crippen LogP contribution < -0.4 is 14.8 Å². The van der Waals surface area contributed by atoms with Crippen LogP contribution in [0.15, 0.2) is 30.3 Å². The van der Waals surface area contributed by atoms with Gasteiger partial charge in [0.15, 0.2) is 16.5 Å². The minimum Gasteiger partial charge on any atom is -0.506 e. The molecule has 0 aliphatic heterocycles. The number of anilines is 1. The third-order valence-corrected chi connectivity index (χ3v) is 5.09. The van der Waals surface area contributed by atoms with Crippen LogP contribution in [0.2, 0.25) is 10.0 Å². The zero-order valence-corrected chi connectivity index (χ0v) is 17.9. The summed E-state index contributed by atoms with van der Waals surface area (Å²) < 4.78 is 11.0. The van der Waals surface area contributed by atoms with E-state index in [1.54, 1.807) is 18.2 Å². The second-order valence-corrected chi connectivity index (χ2v) is 7.50. The number of nitrogens with one attached hydrogen (secondary N) is 1. The van der Waals surface area contributed by atoms with Gasteiger partial charge in [-0.15, -0.1) is 10.2 Å². The maximum absolute atomic E-state index is 12.6. The number of ether oxygens (including phenoxy) is 2. The number of carbonyl (C=O) groups excluding carboxylic acids is 1. The average Bonchev–Trinajstić information content (AvgIpc) is 3.14. The molecular formula is C19H17Cl2N3O4S. The van der Waals surface area contributed by atoms with E-state index < -0.39 is 0 Å². The van der Waals surface area contributed by atoms with Gasteiger partial charge in [-0.05, 0) is 44.2 Å². The average molecular weight is 454 g/mol. The molecule has 3 aromatic rings. The molecule has 1 amide bonds. The van der Waals surface area contributed by atoms with Crippen LogP contribution in [0.3, 0.4) is 0 Å². The standard InChI is InChI=1S/C19H17Cl2N3O4S/c1-3-27-14-6-5-10(7-15(14)28-4-2)17(26)22-19-24-23-18(29-19)12-8-11(20)9-13(21)16(12)25/h5-9,25H,3-4H2,1-2H3,(H,22,24,26). The molecule has 0 fully saturated rings. The topological polar surface area (TPSA) is 93.6 Å². The number of aromatic hydroxyl groups is 1. The van der Waals surface area contributed by atoms with Gasteiger partial charge in [0.2, 0.25) is 5.13 Å². The van der Waals surface area contributed by atoms with E-state index in [9.17, 15) is 9.90 Å². The van der Waals surface area contributed by atoms with Crippen molar-refractivity contribution in [3.05, 3.63) is 45.9 Å². The van der Waals surface area contributed by atoms with Gasteiger partial charge in [-0.25, -0.2) is 0 Å². The Morgan fingerprint density at radius 2 is 1.83 bits per heavy atom. The molecule has 1 aromatic heterocycles. The summed E-state index contributed by atoms with van der Waals surface area (Å²) in [5, 5.41) is 21.8. The van der Waals surface area contributed by atoms with E-state index >= 15 is 0 Å². The van der Waals surface area contributed by atoms with Crippen molar-refractivity contribution in [2.24, 2.45) is 0 Å². The van der Waals surface area contributed by atoms with Gasteiger partial charge in [0.1, 0.15) is 5.75 Å². The van der Waals surface area contributed by atoms with Crippen molar-refractivity contribution < 1.29 is 19.4 Å². The molecule has 152 valence electrons. The normalized spacial score (nSPS) is 10.6. The van der Waals surface area contributed by atoms with Gasteiger partial charge in [-0.3, -0.25) is 10.1 Å². The Hall–Kier alpha value is -2.55. The highest BCUT2D eigenvalue weighted by Crippen LogP contribution is 2.39. The number of phenolic OH excluding ortho intramolecular Hbond substituents is 1. The number of amides is 1. The fourth-order valence-corrected chi connectivity index (χ4v) is 3.72. The maximum Gasteiger partial charge on any atom is 0.257 e. The Bertz CT molecular complexity index is 1040. The van der Waals surface area contributed by atoms with E-state index in [2.05, 4.69) is 15.5 Å². The first-order valence-corrected chi connectivity index (χ1v) is 10.2. The SMILES string of the molecule is CCOc1ccc(C(=O)Nc2nnc(-c3cc(Cl)cc(Cl)c3O)s2)cc1OCC. The Morgan fingerprint density at radius 1 is 1.10 bits per heavy atom. The Balaban J connectivity index is 1.81. The molecule has 0 bridgehead atoms. The molecule has 1 heterocycles. The van der Waals surface area contributed by atoms with Crippen LogP contribution >= 0.6 is 34.5 Å². The first-order chi connectivity index (χ1) is 13.9. The third kappa shape index (κ3) is 4.90. The van der Waals surface area contributed by atoms with Gasteiger partial charge < -0.3 is 14.6 Å². The molecule has 29 heavy (non-hydrogen) atoms. The summed E-state index contributed by atoms with van der Waals surface area (Å²) in [5.41, 5.74) is 0.711. The largest absolute Gasteiger partial charge is 0.506 e. The van der Waals surface area contributed by atoms with E-state index in [-0.39, 0.29) is 21.8 Å². The molecule has 0 aliphatic rings. The summed E-state index contributed by atoms with van der Waals surface area (Å²) in [5.74, 6) is 0.513. The number of carbonyl (C=O) groups is 1. The Kier molecular flexibility index (Phi) is 6.79. The molecule has 3 rings (SSSR count). The van der Waals surface area contributed by atoms with Gasteiger partial charge in [0, 0.05) is 10.6 Å². The number of nitrogens with zero attached hydrogens (tertiary/aromatic N) is 2. The van der Waals surface area contributed by atoms with Crippen LogP contribution in [0.5, 0.6) is 17.2 Å². The second kappa shape index (κ2) is 9.30. The summed E-state index contributed by atoms with van der Waals surface area (Å²) in [6.07, 6.45) is 0. The summed E-state index contributed by atoms with van der Waals surface area (Å²) >= 11 is 13.0. The zero-order valence-electron chi connectivity index (χ0n) is 15.5. The number of rotatable bonds is 7. The number of hydrogen-bond donors (Lipinski definition) is 2. The van der Waals surface area contributed by atoms with Crippen LogP contribution in [-0.2, 0) is 0 Å². The molecule has 0 saturated heterocycles. The summed E-state index contributed by atoms with van der Waals surface area (Å²) in [6.45, 7) is 4.65. The van der Waals surface area contributed by atoms with E-state index in [4.69, 9.17) is 32.7 Å². The zero-order chi connectivity index (χ0) is 21.0. The van der Waals surface area contributed by atoms with Crippen LogP contribution in [0.4, 0.5) is 5.13 Å². The monoisotopic (exact) mass is 453 g/mol. The Labute approximate surface area is 181 Å². The van der Waals surface area contributed by atoms with E-state index in [1.807, 2.05) is 13.8 Å². The molecule has 0 unspecified atom stereocenters. The van der Waals surface area contributed by atoms with Crippen LogP contribution in [0, 0.1) is 0 Å². The number of phenols is 1. The van der Waals surface area contributed by atoms with Crippen LogP contribution in [0.25, 0.3) is 10.6 Å². The predicted molar refractivity (Wildman–Crippen MR) is 114 cm³/mol. The predicted octanol–water partition coefficient (Wildman–Crippen LogP) is 5.27. The van der Waals surface area contributed by atoms with Gasteiger partial charge in [0.05, 0.1) is 23.8 Å².